The van der Waals surface area contributed by atoms with Crippen molar-refractivity contribution >= 4 is 11.6 Å². The summed E-state index contributed by atoms with van der Waals surface area (Å²) in [5, 5.41) is 2.80. The third-order valence-corrected chi connectivity index (χ3v) is 4.06. The maximum atomic E-state index is 13.3. The Morgan fingerprint density at radius 3 is 2.62 bits per heavy atom. The van der Waals surface area contributed by atoms with E-state index in [-0.39, 0.29) is 11.7 Å². The molecule has 2 aromatic rings. The van der Waals surface area contributed by atoms with Crippen LogP contribution in [0.25, 0.3) is 0 Å². The quantitative estimate of drug-likeness (QED) is 0.876. The largest absolute Gasteiger partial charge is 0.322 e. The van der Waals surface area contributed by atoms with Crippen LogP contribution < -0.4 is 5.32 Å². The van der Waals surface area contributed by atoms with E-state index in [1.807, 2.05) is 25.1 Å². The Hall–Kier alpha value is -2.16. The molecule has 0 radical (unpaired) electrons. The van der Waals surface area contributed by atoms with Crippen molar-refractivity contribution in [2.75, 3.05) is 5.32 Å². The smallest absolute Gasteiger partial charge is 0.255 e. The summed E-state index contributed by atoms with van der Waals surface area (Å²) in [6.07, 6.45) is 4.54. The second kappa shape index (κ2) is 5.68. The van der Waals surface area contributed by atoms with Crippen LogP contribution in [-0.4, -0.2) is 5.91 Å². The van der Waals surface area contributed by atoms with Gasteiger partial charge >= 0.3 is 0 Å². The molecule has 21 heavy (non-hydrogen) atoms. The lowest BCUT2D eigenvalue weighted by molar-refractivity contribution is 0.102. The van der Waals surface area contributed by atoms with Crippen LogP contribution in [0, 0.1) is 12.7 Å². The van der Waals surface area contributed by atoms with Crippen molar-refractivity contribution in [2.24, 2.45) is 0 Å². The minimum absolute atomic E-state index is 0.183. The molecule has 3 heteroatoms. The fourth-order valence-corrected chi connectivity index (χ4v) is 2.80. The van der Waals surface area contributed by atoms with Gasteiger partial charge < -0.3 is 5.32 Å². The van der Waals surface area contributed by atoms with Crippen LogP contribution in [0.4, 0.5) is 10.1 Å². The number of halogens is 1. The van der Waals surface area contributed by atoms with Crippen LogP contribution in [-0.2, 0) is 12.8 Å². The molecule has 3 rings (SSSR count). The number of aryl methyl sites for hydroxylation is 3. The number of carbonyl (C=O) groups excluding carboxylic acids is 1. The summed E-state index contributed by atoms with van der Waals surface area (Å²) in [5.74, 6) is -0.529. The van der Waals surface area contributed by atoms with Crippen molar-refractivity contribution in [3.05, 3.63) is 64.5 Å². The summed E-state index contributed by atoms with van der Waals surface area (Å²) in [6.45, 7) is 1.85. The van der Waals surface area contributed by atoms with Crippen LogP contribution in [0.5, 0.6) is 0 Å². The van der Waals surface area contributed by atoms with Gasteiger partial charge in [0, 0.05) is 11.3 Å². The summed E-state index contributed by atoms with van der Waals surface area (Å²) >= 11 is 0. The van der Waals surface area contributed by atoms with Gasteiger partial charge in [0.15, 0.2) is 0 Å². The maximum absolute atomic E-state index is 13.3. The van der Waals surface area contributed by atoms with E-state index in [1.54, 1.807) is 6.07 Å². The van der Waals surface area contributed by atoms with Crippen molar-refractivity contribution < 1.29 is 9.18 Å². The summed E-state index contributed by atoms with van der Waals surface area (Å²) < 4.78 is 13.3. The number of hydrogen-bond acceptors (Lipinski definition) is 1. The molecule has 0 bridgehead atoms. The fourth-order valence-electron chi connectivity index (χ4n) is 2.80. The maximum Gasteiger partial charge on any atom is 0.255 e. The molecule has 0 saturated heterocycles. The summed E-state index contributed by atoms with van der Waals surface area (Å²) in [6, 6.07) is 10.3. The van der Waals surface area contributed by atoms with Gasteiger partial charge in [0.2, 0.25) is 0 Å². The fraction of sp³-hybridized carbons (Fsp3) is 0.278. The molecule has 1 aliphatic carbocycles. The van der Waals surface area contributed by atoms with Crippen molar-refractivity contribution in [1.82, 2.24) is 0 Å². The van der Waals surface area contributed by atoms with Crippen molar-refractivity contribution in [3.63, 3.8) is 0 Å². The van der Waals surface area contributed by atoms with E-state index in [1.165, 1.54) is 36.1 Å². The molecule has 1 amide bonds. The Bertz CT molecular complexity index is 694. The van der Waals surface area contributed by atoms with Crippen LogP contribution in [0.3, 0.4) is 0 Å². The normalized spacial score (nSPS) is 13.6. The Balaban J connectivity index is 1.83. The van der Waals surface area contributed by atoms with Crippen LogP contribution in [0.2, 0.25) is 0 Å². The standard InChI is InChI=1S/C18H18FNO/c1-12-6-9-16(19)11-17(12)20-18(21)15-8-7-13-4-2-3-5-14(13)10-15/h6-11H,2-5H2,1H3,(H,20,21). The predicted molar refractivity (Wildman–Crippen MR) is 82.2 cm³/mol. The Labute approximate surface area is 124 Å². The zero-order valence-corrected chi connectivity index (χ0v) is 12.1. The lowest BCUT2D eigenvalue weighted by Gasteiger charge is -2.16. The van der Waals surface area contributed by atoms with E-state index in [0.29, 0.717) is 11.3 Å². The summed E-state index contributed by atoms with van der Waals surface area (Å²) in [7, 11) is 0. The lowest BCUT2D eigenvalue weighted by atomic mass is 9.90. The van der Waals surface area contributed by atoms with Gasteiger partial charge in [0.25, 0.3) is 5.91 Å². The van der Waals surface area contributed by atoms with Crippen molar-refractivity contribution in [1.29, 1.82) is 0 Å². The Kier molecular flexibility index (Phi) is 3.74. The number of hydrogen-bond donors (Lipinski definition) is 1. The molecule has 0 heterocycles. The minimum atomic E-state index is -0.346. The molecule has 0 unspecified atom stereocenters. The molecule has 2 nitrogen and oxygen atoms in total. The molecule has 0 fully saturated rings. The highest BCUT2D eigenvalue weighted by Crippen LogP contribution is 2.23. The average molecular weight is 283 g/mol. The first-order valence-electron chi connectivity index (χ1n) is 7.33. The molecule has 0 aromatic heterocycles. The number of fused-ring (bicyclic) bond motifs is 1. The zero-order valence-electron chi connectivity index (χ0n) is 12.1. The van der Waals surface area contributed by atoms with E-state index in [2.05, 4.69) is 5.32 Å². The number of amides is 1. The molecule has 108 valence electrons. The first-order valence-corrected chi connectivity index (χ1v) is 7.33. The second-order valence-corrected chi connectivity index (χ2v) is 5.60. The number of rotatable bonds is 2. The first kappa shape index (κ1) is 13.8. The number of nitrogens with one attached hydrogen (secondary N) is 1. The van der Waals surface area contributed by atoms with Crippen molar-refractivity contribution in [2.45, 2.75) is 32.6 Å². The molecule has 1 N–H and O–H groups in total. The van der Waals surface area contributed by atoms with E-state index >= 15 is 0 Å². The Morgan fingerprint density at radius 1 is 1.05 bits per heavy atom. The summed E-state index contributed by atoms with van der Waals surface area (Å²) in [5.41, 5.74) is 4.63. The van der Waals surface area contributed by atoms with Crippen LogP contribution >= 0.6 is 0 Å². The molecular formula is C18H18FNO. The van der Waals surface area contributed by atoms with Crippen molar-refractivity contribution in [3.8, 4) is 0 Å². The third kappa shape index (κ3) is 2.97. The number of carbonyl (C=O) groups is 1. The highest BCUT2D eigenvalue weighted by Gasteiger charge is 2.13. The van der Waals surface area contributed by atoms with Gasteiger partial charge in [-0.1, -0.05) is 12.1 Å². The summed E-state index contributed by atoms with van der Waals surface area (Å²) in [4.78, 5) is 12.3. The molecule has 0 aliphatic heterocycles. The van der Waals surface area contributed by atoms with Gasteiger partial charge in [0.05, 0.1) is 0 Å². The Morgan fingerprint density at radius 2 is 1.81 bits per heavy atom. The third-order valence-electron chi connectivity index (χ3n) is 4.06. The van der Waals surface area contributed by atoms with E-state index in [4.69, 9.17) is 0 Å². The topological polar surface area (TPSA) is 29.1 Å². The van der Waals surface area contributed by atoms with E-state index < -0.39 is 0 Å². The van der Waals surface area contributed by atoms with Gasteiger partial charge in [0.1, 0.15) is 5.82 Å². The van der Waals surface area contributed by atoms with Gasteiger partial charge in [-0.3, -0.25) is 4.79 Å². The van der Waals surface area contributed by atoms with E-state index in [9.17, 15) is 9.18 Å². The molecule has 2 aromatic carbocycles. The minimum Gasteiger partial charge on any atom is -0.322 e. The highest BCUT2D eigenvalue weighted by molar-refractivity contribution is 6.04. The molecule has 1 aliphatic rings. The van der Waals surface area contributed by atoms with Gasteiger partial charge in [-0.15, -0.1) is 0 Å². The van der Waals surface area contributed by atoms with Gasteiger partial charge in [-0.2, -0.15) is 0 Å². The van der Waals surface area contributed by atoms with E-state index in [0.717, 1.165) is 18.4 Å². The number of anilines is 1. The molecule has 0 saturated carbocycles. The molecule has 0 spiro atoms. The molecule has 0 atom stereocenters. The van der Waals surface area contributed by atoms with Crippen LogP contribution in [0.15, 0.2) is 36.4 Å². The SMILES string of the molecule is Cc1ccc(F)cc1NC(=O)c1ccc2c(c1)CCCC2. The highest BCUT2D eigenvalue weighted by atomic mass is 19.1. The predicted octanol–water partition coefficient (Wildman–Crippen LogP) is 4.27. The molecular weight excluding hydrogens is 265 g/mol. The second-order valence-electron chi connectivity index (χ2n) is 5.60. The van der Waals surface area contributed by atoms with Crippen LogP contribution in [0.1, 0.15) is 39.9 Å². The monoisotopic (exact) mass is 283 g/mol. The average Bonchev–Trinajstić information content (AvgIpc) is 2.50. The van der Waals surface area contributed by atoms with Gasteiger partial charge in [-0.25, -0.2) is 4.39 Å². The zero-order chi connectivity index (χ0) is 14.8. The lowest BCUT2D eigenvalue weighted by Crippen LogP contribution is -2.14. The first-order chi connectivity index (χ1) is 10.1. The van der Waals surface area contributed by atoms with Gasteiger partial charge in [-0.05, 0) is 73.6 Å². The number of benzene rings is 2.